The molecule has 86 valence electrons. The lowest BCUT2D eigenvalue weighted by atomic mass is 9.83. The molecular weight excluding hydrogens is 196 g/mol. The van der Waals surface area contributed by atoms with Crippen LogP contribution in [0.1, 0.15) is 26.7 Å². The fourth-order valence-corrected chi connectivity index (χ4v) is 3.21. The highest BCUT2D eigenvalue weighted by molar-refractivity contribution is 5.22. The van der Waals surface area contributed by atoms with Crippen molar-refractivity contribution in [1.82, 2.24) is 4.90 Å². The van der Waals surface area contributed by atoms with E-state index in [2.05, 4.69) is 20.4 Å². The van der Waals surface area contributed by atoms with Gasteiger partial charge in [-0.1, -0.05) is 26.0 Å². The second-order valence-corrected chi connectivity index (χ2v) is 5.43. The largest absolute Gasteiger partial charge is 0.287 e. The molecule has 1 nitrogen and oxygen atoms in total. The third-order valence-electron chi connectivity index (χ3n) is 3.59. The maximum Gasteiger partial charge on any atom is 0.151 e. The van der Waals surface area contributed by atoms with E-state index in [-0.39, 0.29) is 6.54 Å². The Morgan fingerprint density at radius 2 is 2.20 bits per heavy atom. The summed E-state index contributed by atoms with van der Waals surface area (Å²) in [7, 11) is 0. The van der Waals surface area contributed by atoms with Gasteiger partial charge >= 0.3 is 0 Å². The zero-order valence-electron chi connectivity index (χ0n) is 9.47. The van der Waals surface area contributed by atoms with Crippen LogP contribution in [-0.2, 0) is 0 Å². The quantitative estimate of drug-likeness (QED) is 0.640. The second kappa shape index (κ2) is 3.55. The minimum absolute atomic E-state index is 0.243. The summed E-state index contributed by atoms with van der Waals surface area (Å²) in [6, 6.07) is 0. The predicted octanol–water partition coefficient (Wildman–Crippen LogP) is 2.72. The summed E-state index contributed by atoms with van der Waals surface area (Å²) in [5.41, 5.74) is 0.468. The molecule has 0 aromatic heterocycles. The summed E-state index contributed by atoms with van der Waals surface area (Å²) in [5, 5.41) is 0. The van der Waals surface area contributed by atoms with Gasteiger partial charge in [0.25, 0.3) is 0 Å². The van der Waals surface area contributed by atoms with Crippen LogP contribution in [0.2, 0.25) is 0 Å². The molecular formula is C12H19F2N. The number of nitrogens with zero attached hydrogens (tertiary/aromatic N) is 1. The van der Waals surface area contributed by atoms with Gasteiger partial charge in [0.2, 0.25) is 0 Å². The molecule has 0 unspecified atom stereocenters. The lowest BCUT2D eigenvalue weighted by molar-refractivity contribution is 0.0797. The van der Waals surface area contributed by atoms with E-state index in [0.717, 1.165) is 12.0 Å². The van der Waals surface area contributed by atoms with Crippen LogP contribution in [0, 0.1) is 5.92 Å². The zero-order chi connectivity index (χ0) is 11.2. The fourth-order valence-electron chi connectivity index (χ4n) is 3.21. The van der Waals surface area contributed by atoms with Gasteiger partial charge in [0.05, 0.1) is 5.54 Å². The predicted molar refractivity (Wildman–Crippen MR) is 57.3 cm³/mol. The van der Waals surface area contributed by atoms with Crippen molar-refractivity contribution in [3.8, 4) is 0 Å². The van der Waals surface area contributed by atoms with E-state index in [0.29, 0.717) is 18.9 Å². The number of alkyl halides is 2. The average Bonchev–Trinajstić information content (AvgIpc) is 2.49. The number of rotatable bonds is 2. The van der Waals surface area contributed by atoms with Crippen molar-refractivity contribution in [3.05, 3.63) is 12.2 Å². The van der Waals surface area contributed by atoms with E-state index < -0.39 is 17.9 Å². The highest BCUT2D eigenvalue weighted by atomic mass is 19.2. The van der Waals surface area contributed by atoms with Crippen molar-refractivity contribution in [2.75, 3.05) is 13.1 Å². The SMILES string of the molecule is C=C1CN2C[C@@H](F)[C@@H](F)[C@@]2(CC(C)C)C1. The van der Waals surface area contributed by atoms with Crippen molar-refractivity contribution < 1.29 is 8.78 Å². The minimum Gasteiger partial charge on any atom is -0.287 e. The molecule has 0 saturated carbocycles. The zero-order valence-corrected chi connectivity index (χ0v) is 9.47. The summed E-state index contributed by atoms with van der Waals surface area (Å²) in [6.07, 6.45) is -1.28. The van der Waals surface area contributed by atoms with Gasteiger partial charge in [-0.05, 0) is 18.8 Å². The Morgan fingerprint density at radius 1 is 1.53 bits per heavy atom. The Bertz CT molecular complexity index is 277. The van der Waals surface area contributed by atoms with Crippen LogP contribution < -0.4 is 0 Å². The van der Waals surface area contributed by atoms with Crippen LogP contribution in [0.3, 0.4) is 0 Å². The highest BCUT2D eigenvalue weighted by Crippen LogP contribution is 2.47. The van der Waals surface area contributed by atoms with Gasteiger partial charge in [0.1, 0.15) is 6.17 Å². The molecule has 0 radical (unpaired) electrons. The Hall–Kier alpha value is -0.440. The molecule has 2 fully saturated rings. The Morgan fingerprint density at radius 3 is 2.80 bits per heavy atom. The van der Waals surface area contributed by atoms with E-state index in [1.807, 2.05) is 4.90 Å². The first-order valence-electron chi connectivity index (χ1n) is 5.65. The first kappa shape index (κ1) is 11.1. The van der Waals surface area contributed by atoms with E-state index in [4.69, 9.17) is 0 Å². The van der Waals surface area contributed by atoms with Crippen molar-refractivity contribution in [2.45, 2.75) is 44.6 Å². The van der Waals surface area contributed by atoms with E-state index in [1.165, 1.54) is 0 Å². The number of hydrogen-bond donors (Lipinski definition) is 0. The van der Waals surface area contributed by atoms with Crippen LogP contribution in [0.15, 0.2) is 12.2 Å². The number of halogens is 2. The van der Waals surface area contributed by atoms with E-state index >= 15 is 0 Å². The minimum atomic E-state index is -1.33. The van der Waals surface area contributed by atoms with Crippen LogP contribution in [0.5, 0.6) is 0 Å². The fraction of sp³-hybridized carbons (Fsp3) is 0.833. The summed E-state index contributed by atoms with van der Waals surface area (Å²) in [5.74, 6) is 0.391. The first-order valence-corrected chi connectivity index (χ1v) is 5.65. The molecule has 3 atom stereocenters. The van der Waals surface area contributed by atoms with Crippen LogP contribution in [0.25, 0.3) is 0 Å². The molecule has 0 spiro atoms. The first-order chi connectivity index (χ1) is 6.95. The third kappa shape index (κ3) is 1.61. The van der Waals surface area contributed by atoms with Gasteiger partial charge in [-0.2, -0.15) is 0 Å². The Kier molecular flexibility index (Phi) is 2.61. The maximum atomic E-state index is 14.0. The normalized spacial score (nSPS) is 41.5. The lowest BCUT2D eigenvalue weighted by Gasteiger charge is -2.34. The molecule has 0 bridgehead atoms. The monoisotopic (exact) mass is 215 g/mol. The molecule has 3 heteroatoms. The molecule has 0 amide bonds. The van der Waals surface area contributed by atoms with Crippen molar-refractivity contribution in [1.29, 1.82) is 0 Å². The molecule has 0 aromatic carbocycles. The van der Waals surface area contributed by atoms with Gasteiger partial charge in [0, 0.05) is 13.1 Å². The molecule has 15 heavy (non-hydrogen) atoms. The molecule has 2 heterocycles. The van der Waals surface area contributed by atoms with Crippen LogP contribution >= 0.6 is 0 Å². The number of hydrogen-bond acceptors (Lipinski definition) is 1. The van der Waals surface area contributed by atoms with Gasteiger partial charge < -0.3 is 0 Å². The summed E-state index contributed by atoms with van der Waals surface area (Å²) in [4.78, 5) is 1.96. The topological polar surface area (TPSA) is 3.24 Å². The van der Waals surface area contributed by atoms with Gasteiger partial charge in [0.15, 0.2) is 6.17 Å². The highest BCUT2D eigenvalue weighted by Gasteiger charge is 2.57. The third-order valence-corrected chi connectivity index (χ3v) is 3.59. The van der Waals surface area contributed by atoms with Gasteiger partial charge in [-0.15, -0.1) is 0 Å². The molecule has 2 aliphatic heterocycles. The molecule has 2 saturated heterocycles. The van der Waals surface area contributed by atoms with E-state index in [9.17, 15) is 8.78 Å². The second-order valence-electron chi connectivity index (χ2n) is 5.43. The van der Waals surface area contributed by atoms with Gasteiger partial charge in [-0.3, -0.25) is 4.90 Å². The molecule has 0 N–H and O–H groups in total. The molecule has 0 aromatic rings. The van der Waals surface area contributed by atoms with Crippen LogP contribution in [-0.4, -0.2) is 35.9 Å². The van der Waals surface area contributed by atoms with Crippen molar-refractivity contribution in [3.63, 3.8) is 0 Å². The van der Waals surface area contributed by atoms with Crippen molar-refractivity contribution in [2.24, 2.45) is 5.92 Å². The van der Waals surface area contributed by atoms with Gasteiger partial charge in [-0.25, -0.2) is 8.78 Å². The average molecular weight is 215 g/mol. The standard InChI is InChI=1S/C12H19F2N/c1-8(2)4-12-5-9(3)6-15(12)7-10(13)11(12)14/h8,10-11H,3-7H2,1-2H3/t10-,11-,12-/m1/s1. The summed E-state index contributed by atoms with van der Waals surface area (Å²) >= 11 is 0. The Balaban J connectivity index is 2.26. The van der Waals surface area contributed by atoms with Crippen molar-refractivity contribution >= 4 is 0 Å². The maximum absolute atomic E-state index is 14.0. The molecule has 0 aliphatic carbocycles. The van der Waals surface area contributed by atoms with Crippen LogP contribution in [0.4, 0.5) is 8.78 Å². The Labute approximate surface area is 90.1 Å². The summed E-state index contributed by atoms with van der Waals surface area (Å²) < 4.78 is 27.4. The summed E-state index contributed by atoms with van der Waals surface area (Å²) in [6.45, 7) is 8.96. The smallest absolute Gasteiger partial charge is 0.151 e. The van der Waals surface area contributed by atoms with E-state index in [1.54, 1.807) is 0 Å². The molecule has 2 aliphatic rings. The number of fused-ring (bicyclic) bond motifs is 1. The molecule has 2 rings (SSSR count). The lowest BCUT2D eigenvalue weighted by Crippen LogP contribution is -2.45.